The Bertz CT molecular complexity index is 889. The van der Waals surface area contributed by atoms with E-state index in [4.69, 9.17) is 16.3 Å². The van der Waals surface area contributed by atoms with Crippen LogP contribution in [0.15, 0.2) is 18.2 Å². The highest BCUT2D eigenvalue weighted by atomic mass is 35.5. The predicted octanol–water partition coefficient (Wildman–Crippen LogP) is 3.83. The minimum atomic E-state index is -0.863. The Hall–Kier alpha value is -2.48. The Kier molecular flexibility index (Phi) is 7.63. The molecule has 1 aromatic rings. The highest BCUT2D eigenvalue weighted by Crippen LogP contribution is 2.31. The molecule has 1 saturated heterocycles. The second-order valence-electron chi connectivity index (χ2n) is 9.27. The van der Waals surface area contributed by atoms with E-state index in [1.54, 1.807) is 23.1 Å². The molecule has 0 aromatic heterocycles. The van der Waals surface area contributed by atoms with E-state index < -0.39 is 6.04 Å². The van der Waals surface area contributed by atoms with E-state index in [0.29, 0.717) is 16.5 Å². The topological polar surface area (TPSA) is 99.8 Å². The van der Waals surface area contributed by atoms with E-state index in [-0.39, 0.29) is 42.4 Å². The number of urea groups is 1. The molecule has 3 aliphatic rings. The molecule has 3 N–H and O–H groups in total. The van der Waals surface area contributed by atoms with Gasteiger partial charge in [0, 0.05) is 17.1 Å². The third kappa shape index (κ3) is 5.54. The minimum Gasteiger partial charge on any atom is -0.495 e. The summed E-state index contributed by atoms with van der Waals surface area (Å²) in [6.45, 7) is 0. The maximum atomic E-state index is 13.4. The van der Waals surface area contributed by atoms with Crippen LogP contribution in [0.25, 0.3) is 0 Å². The van der Waals surface area contributed by atoms with Gasteiger partial charge in [-0.3, -0.25) is 9.59 Å². The van der Waals surface area contributed by atoms with Gasteiger partial charge in [-0.25, -0.2) is 4.79 Å². The first-order valence-electron chi connectivity index (χ1n) is 12.0. The molecule has 2 aliphatic carbocycles. The summed E-state index contributed by atoms with van der Waals surface area (Å²) in [4.78, 5) is 41.1. The van der Waals surface area contributed by atoms with E-state index in [1.165, 1.54) is 13.5 Å². The Morgan fingerprint density at radius 1 is 1.12 bits per heavy atom. The molecular weight excluding hydrogens is 444 g/mol. The number of rotatable bonds is 5. The fourth-order valence-corrected chi connectivity index (χ4v) is 5.56. The van der Waals surface area contributed by atoms with Crippen molar-refractivity contribution in [2.75, 3.05) is 12.4 Å². The Balaban J connectivity index is 1.52. The molecule has 1 aliphatic heterocycles. The van der Waals surface area contributed by atoms with Gasteiger partial charge in [0.25, 0.3) is 0 Å². The van der Waals surface area contributed by atoms with Gasteiger partial charge >= 0.3 is 6.03 Å². The number of nitrogens with zero attached hydrogens (tertiary/aromatic N) is 1. The fourth-order valence-electron chi connectivity index (χ4n) is 5.38. The average Bonchev–Trinajstić information content (AvgIpc) is 2.80. The lowest BCUT2D eigenvalue weighted by molar-refractivity contribution is -0.135. The molecule has 3 unspecified atom stereocenters. The van der Waals surface area contributed by atoms with Crippen LogP contribution in [0.1, 0.15) is 64.2 Å². The molecule has 2 saturated carbocycles. The SMILES string of the molecule is COc1ccc(Cl)cc1NC(=O)CC1C(=O)NC2CCCCC2N1C(=O)NC1CCCCC1. The molecule has 4 amide bonds. The van der Waals surface area contributed by atoms with Crippen LogP contribution in [-0.4, -0.2) is 54.0 Å². The summed E-state index contributed by atoms with van der Waals surface area (Å²) < 4.78 is 5.30. The van der Waals surface area contributed by atoms with Gasteiger partial charge in [0.15, 0.2) is 0 Å². The second kappa shape index (κ2) is 10.6. The number of carbonyl (C=O) groups excluding carboxylic acids is 3. The molecule has 180 valence electrons. The minimum absolute atomic E-state index is 0.0595. The van der Waals surface area contributed by atoms with E-state index in [0.717, 1.165) is 51.4 Å². The van der Waals surface area contributed by atoms with Gasteiger partial charge < -0.3 is 25.6 Å². The standard InChI is InChI=1S/C24H33ClN4O4/c1-33-21-12-11-15(25)13-18(21)27-22(30)14-20-23(31)28-17-9-5-6-10-19(17)29(20)24(32)26-16-7-3-2-4-8-16/h11-13,16-17,19-20H,2-10,14H2,1H3,(H,26,32)(H,27,30)(H,28,31). The van der Waals surface area contributed by atoms with Crippen LogP contribution in [0.5, 0.6) is 5.75 Å². The Morgan fingerprint density at radius 2 is 1.85 bits per heavy atom. The third-order valence-electron chi connectivity index (χ3n) is 7.03. The van der Waals surface area contributed by atoms with Crippen LogP contribution in [0.4, 0.5) is 10.5 Å². The number of halogens is 1. The lowest BCUT2D eigenvalue weighted by Gasteiger charge is -2.48. The summed E-state index contributed by atoms with van der Waals surface area (Å²) in [5, 5.41) is 9.48. The van der Waals surface area contributed by atoms with Gasteiger partial charge in [0.1, 0.15) is 11.8 Å². The molecule has 1 aromatic carbocycles. The van der Waals surface area contributed by atoms with E-state index >= 15 is 0 Å². The van der Waals surface area contributed by atoms with Crippen molar-refractivity contribution >= 4 is 35.1 Å². The molecule has 0 radical (unpaired) electrons. The van der Waals surface area contributed by atoms with Crippen molar-refractivity contribution in [3.8, 4) is 5.75 Å². The van der Waals surface area contributed by atoms with Crippen molar-refractivity contribution in [3.05, 3.63) is 23.2 Å². The van der Waals surface area contributed by atoms with E-state index in [1.807, 2.05) is 0 Å². The summed E-state index contributed by atoms with van der Waals surface area (Å²) in [5.41, 5.74) is 0.431. The molecular formula is C24H33ClN4O4. The third-order valence-corrected chi connectivity index (χ3v) is 7.27. The van der Waals surface area contributed by atoms with Gasteiger partial charge in [-0.15, -0.1) is 0 Å². The number of fused-ring (bicyclic) bond motifs is 1. The zero-order chi connectivity index (χ0) is 23.4. The number of nitrogens with one attached hydrogen (secondary N) is 3. The first-order chi connectivity index (χ1) is 16.0. The van der Waals surface area contributed by atoms with Crippen molar-refractivity contribution in [3.63, 3.8) is 0 Å². The lowest BCUT2D eigenvalue weighted by atomic mass is 9.85. The second-order valence-corrected chi connectivity index (χ2v) is 9.71. The number of methoxy groups -OCH3 is 1. The van der Waals surface area contributed by atoms with Crippen molar-refractivity contribution in [1.82, 2.24) is 15.5 Å². The number of benzene rings is 1. The van der Waals surface area contributed by atoms with Gasteiger partial charge in [0.2, 0.25) is 11.8 Å². The largest absolute Gasteiger partial charge is 0.495 e. The summed E-state index contributed by atoms with van der Waals surface area (Å²) >= 11 is 6.07. The van der Waals surface area contributed by atoms with Crippen LogP contribution in [0.3, 0.4) is 0 Å². The number of ether oxygens (including phenoxy) is 1. The first-order valence-corrected chi connectivity index (χ1v) is 12.4. The first kappa shape index (κ1) is 23.7. The molecule has 8 nitrogen and oxygen atoms in total. The number of piperazine rings is 1. The average molecular weight is 477 g/mol. The monoisotopic (exact) mass is 476 g/mol. The molecule has 3 fully saturated rings. The lowest BCUT2D eigenvalue weighted by Crippen LogP contribution is -2.69. The number of anilines is 1. The summed E-state index contributed by atoms with van der Waals surface area (Å²) in [5.74, 6) is -0.175. The van der Waals surface area contributed by atoms with E-state index in [2.05, 4.69) is 16.0 Å². The van der Waals surface area contributed by atoms with E-state index in [9.17, 15) is 14.4 Å². The van der Waals surface area contributed by atoms with Gasteiger partial charge in [-0.05, 0) is 43.9 Å². The zero-order valence-electron chi connectivity index (χ0n) is 19.1. The molecule has 0 bridgehead atoms. The number of carbonyl (C=O) groups is 3. The zero-order valence-corrected chi connectivity index (χ0v) is 19.8. The number of hydrogen-bond acceptors (Lipinski definition) is 4. The van der Waals surface area contributed by atoms with Crippen LogP contribution in [0, 0.1) is 0 Å². The van der Waals surface area contributed by atoms with Crippen molar-refractivity contribution in [1.29, 1.82) is 0 Å². The van der Waals surface area contributed by atoms with Crippen molar-refractivity contribution < 1.29 is 19.1 Å². The Morgan fingerprint density at radius 3 is 2.61 bits per heavy atom. The van der Waals surface area contributed by atoms with Gasteiger partial charge in [-0.2, -0.15) is 0 Å². The fraction of sp³-hybridized carbons (Fsp3) is 0.625. The summed E-state index contributed by atoms with van der Waals surface area (Å²) in [6.07, 6.45) is 8.88. The quantitative estimate of drug-likeness (QED) is 0.601. The molecule has 0 spiro atoms. The molecule has 9 heteroatoms. The normalized spacial score (nSPS) is 25.6. The Labute approximate surface area is 199 Å². The molecule has 3 atom stereocenters. The van der Waals surface area contributed by atoms with Crippen molar-refractivity contribution in [2.24, 2.45) is 0 Å². The van der Waals surface area contributed by atoms with Crippen LogP contribution in [0.2, 0.25) is 5.02 Å². The maximum Gasteiger partial charge on any atom is 0.318 e. The summed E-state index contributed by atoms with van der Waals surface area (Å²) in [7, 11) is 1.51. The van der Waals surface area contributed by atoms with Gasteiger partial charge in [0.05, 0.1) is 25.3 Å². The summed E-state index contributed by atoms with van der Waals surface area (Å²) in [6, 6.07) is 3.82. The number of amides is 4. The molecule has 4 rings (SSSR count). The van der Waals surface area contributed by atoms with Gasteiger partial charge in [-0.1, -0.05) is 43.7 Å². The van der Waals surface area contributed by atoms with Crippen molar-refractivity contribution in [2.45, 2.75) is 88.4 Å². The maximum absolute atomic E-state index is 13.4. The molecule has 33 heavy (non-hydrogen) atoms. The molecule has 1 heterocycles. The highest BCUT2D eigenvalue weighted by Gasteiger charge is 2.46. The predicted molar refractivity (Wildman–Crippen MR) is 126 cm³/mol. The van der Waals surface area contributed by atoms with Crippen LogP contribution < -0.4 is 20.7 Å². The smallest absolute Gasteiger partial charge is 0.318 e. The van der Waals surface area contributed by atoms with Crippen LogP contribution >= 0.6 is 11.6 Å². The van der Waals surface area contributed by atoms with Crippen LogP contribution in [-0.2, 0) is 9.59 Å². The number of hydrogen-bond donors (Lipinski definition) is 3. The highest BCUT2D eigenvalue weighted by molar-refractivity contribution is 6.31.